The number of carbonyl (C=O) groups excluding carboxylic acids is 4. The van der Waals surface area contributed by atoms with Gasteiger partial charge in [0, 0.05) is 55.4 Å². The number of nitrogens with zero attached hydrogens (tertiary/aromatic N) is 3. The number of Topliss-reactive ketones (excluding diaryl/α,β-unsaturated/α-hetero) is 1. The molecule has 58 heavy (non-hydrogen) atoms. The predicted molar refractivity (Wildman–Crippen MR) is 221 cm³/mol. The number of hydrogen-bond acceptors (Lipinski definition) is 9. The number of ether oxygens (including phenoxy) is 2. The monoisotopic (exact) mass is 812 g/mol. The van der Waals surface area contributed by atoms with E-state index >= 15 is 0 Å². The normalized spacial score (nSPS) is 24.5. The number of fused-ring (bicyclic) bond motifs is 1. The molecule has 0 radical (unpaired) electrons. The molecular weight excluding hydrogens is 757 g/mol. The number of carbonyl (C=O) groups is 4. The predicted octanol–water partition coefficient (Wildman–Crippen LogP) is 6.47. The molecule has 2 saturated heterocycles. The zero-order chi connectivity index (χ0) is 41.6. The smallest absolute Gasteiger partial charge is 0.240 e. The summed E-state index contributed by atoms with van der Waals surface area (Å²) in [5.41, 5.74) is 0.265. The van der Waals surface area contributed by atoms with E-state index < -0.39 is 55.5 Å². The molecule has 2 aliphatic carbocycles. The number of methoxy groups -OCH3 is 1. The highest BCUT2D eigenvalue weighted by Crippen LogP contribution is 2.57. The minimum Gasteiger partial charge on any atom is -0.497 e. The quantitative estimate of drug-likeness (QED) is 0.181. The SMILES string of the molecule is C=C[C@@H]1C[C@]1(CC(=O)[C@@H]1C[C@@H](Oc2cc(-c3ccccc3)nc3cc(OC)ccc23)CN1C(=O)[C@@H](CC(=O)N1CCCCC1)C(C)(C)C)C(=O)NS(=O)(=O)C1(C)CC1. The molecule has 2 aliphatic heterocycles. The van der Waals surface area contributed by atoms with Gasteiger partial charge in [-0.1, -0.05) is 57.2 Å². The molecule has 5 atom stereocenters. The van der Waals surface area contributed by atoms with Crippen LogP contribution < -0.4 is 14.2 Å². The first-order chi connectivity index (χ1) is 27.5. The van der Waals surface area contributed by atoms with E-state index in [0.717, 1.165) is 30.2 Å². The van der Waals surface area contributed by atoms with Crippen LogP contribution in [0.3, 0.4) is 0 Å². The van der Waals surface area contributed by atoms with Crippen molar-refractivity contribution in [2.45, 2.75) is 102 Å². The van der Waals surface area contributed by atoms with Crippen molar-refractivity contribution >= 4 is 44.4 Å². The zero-order valence-corrected chi connectivity index (χ0v) is 35.1. The number of sulfonamides is 1. The van der Waals surface area contributed by atoms with Gasteiger partial charge < -0.3 is 19.3 Å². The molecule has 13 heteroatoms. The Balaban J connectivity index is 1.21. The van der Waals surface area contributed by atoms with E-state index in [4.69, 9.17) is 14.5 Å². The highest BCUT2D eigenvalue weighted by Gasteiger charge is 2.62. The lowest BCUT2D eigenvalue weighted by molar-refractivity contribution is -0.148. The summed E-state index contributed by atoms with van der Waals surface area (Å²) < 4.78 is 39.9. The second kappa shape index (κ2) is 15.8. The lowest BCUT2D eigenvalue weighted by atomic mass is 9.77. The van der Waals surface area contributed by atoms with Gasteiger partial charge in [0.1, 0.15) is 17.6 Å². The van der Waals surface area contributed by atoms with Crippen molar-refractivity contribution < 1.29 is 37.1 Å². The third-order valence-corrected chi connectivity index (χ3v) is 15.0. The molecule has 7 rings (SSSR count). The molecule has 2 saturated carbocycles. The molecule has 310 valence electrons. The van der Waals surface area contributed by atoms with Gasteiger partial charge in [-0.25, -0.2) is 13.4 Å². The highest BCUT2D eigenvalue weighted by atomic mass is 32.2. The summed E-state index contributed by atoms with van der Waals surface area (Å²) in [4.78, 5) is 65.5. The Hall–Kier alpha value is -4.78. The van der Waals surface area contributed by atoms with Crippen LogP contribution in [-0.2, 0) is 29.2 Å². The second-order valence-electron chi connectivity index (χ2n) is 18.0. The molecule has 3 heterocycles. The number of pyridine rings is 1. The zero-order valence-electron chi connectivity index (χ0n) is 34.3. The van der Waals surface area contributed by atoms with Gasteiger partial charge >= 0.3 is 0 Å². The third-order valence-electron chi connectivity index (χ3n) is 12.9. The van der Waals surface area contributed by atoms with Crippen LogP contribution in [0.2, 0.25) is 0 Å². The number of nitrogens with one attached hydrogen (secondary N) is 1. The lowest BCUT2D eigenvalue weighted by Crippen LogP contribution is -2.49. The molecule has 3 aromatic rings. The van der Waals surface area contributed by atoms with Crippen LogP contribution in [0, 0.1) is 22.7 Å². The van der Waals surface area contributed by atoms with E-state index in [1.807, 2.05) is 80.3 Å². The number of piperidine rings is 1. The van der Waals surface area contributed by atoms with Gasteiger partial charge in [0.05, 0.1) is 47.0 Å². The molecule has 4 fully saturated rings. The minimum absolute atomic E-state index is 0.00401. The summed E-state index contributed by atoms with van der Waals surface area (Å²) in [6.45, 7) is 12.7. The van der Waals surface area contributed by atoms with Crippen molar-refractivity contribution in [3.63, 3.8) is 0 Å². The number of ketones is 1. The average Bonchev–Trinajstić information content (AvgIpc) is 4.10. The van der Waals surface area contributed by atoms with Crippen molar-refractivity contribution in [3.8, 4) is 22.8 Å². The number of aromatic nitrogens is 1. The maximum atomic E-state index is 14.9. The van der Waals surface area contributed by atoms with Crippen LogP contribution >= 0.6 is 0 Å². The van der Waals surface area contributed by atoms with Crippen LogP contribution in [0.15, 0.2) is 67.3 Å². The first-order valence-electron chi connectivity index (χ1n) is 20.5. The fraction of sp³-hybridized carbons (Fsp3) is 0.533. The Labute approximate surface area is 341 Å². The molecule has 4 aliphatic rings. The van der Waals surface area contributed by atoms with E-state index in [1.165, 1.54) is 0 Å². The van der Waals surface area contributed by atoms with E-state index in [9.17, 15) is 27.6 Å². The number of likely N-dealkylation sites (tertiary alicyclic amines) is 2. The van der Waals surface area contributed by atoms with E-state index in [1.54, 1.807) is 25.0 Å². The van der Waals surface area contributed by atoms with E-state index in [2.05, 4.69) is 11.3 Å². The van der Waals surface area contributed by atoms with Crippen LogP contribution in [0.1, 0.15) is 85.5 Å². The Morgan fingerprint density at radius 2 is 1.74 bits per heavy atom. The van der Waals surface area contributed by atoms with Gasteiger partial charge in [-0.15, -0.1) is 6.58 Å². The highest BCUT2D eigenvalue weighted by molar-refractivity contribution is 7.91. The van der Waals surface area contributed by atoms with Gasteiger partial charge in [0.2, 0.25) is 27.7 Å². The van der Waals surface area contributed by atoms with Crippen molar-refractivity contribution in [1.82, 2.24) is 19.5 Å². The summed E-state index contributed by atoms with van der Waals surface area (Å²) in [5, 5.41) is 0.723. The van der Waals surface area contributed by atoms with Crippen LogP contribution in [-0.4, -0.2) is 90.3 Å². The molecule has 1 N–H and O–H groups in total. The first-order valence-corrected chi connectivity index (χ1v) is 22.0. The maximum absolute atomic E-state index is 14.9. The Kier molecular flexibility index (Phi) is 11.2. The maximum Gasteiger partial charge on any atom is 0.240 e. The van der Waals surface area contributed by atoms with Gasteiger partial charge in [-0.3, -0.25) is 23.9 Å². The summed E-state index contributed by atoms with van der Waals surface area (Å²) in [7, 11) is -2.37. The number of allylic oxidation sites excluding steroid dienone is 1. The van der Waals surface area contributed by atoms with E-state index in [0.29, 0.717) is 48.6 Å². The summed E-state index contributed by atoms with van der Waals surface area (Å²) in [6.07, 6.45) is 4.91. The topological polar surface area (TPSA) is 152 Å². The number of amides is 3. The van der Waals surface area contributed by atoms with Gasteiger partial charge in [0.15, 0.2) is 5.78 Å². The lowest BCUT2D eigenvalue weighted by Gasteiger charge is -2.36. The van der Waals surface area contributed by atoms with Gasteiger partial charge in [-0.05, 0) is 68.9 Å². The van der Waals surface area contributed by atoms with Gasteiger partial charge in [0.25, 0.3) is 0 Å². The van der Waals surface area contributed by atoms with Crippen LogP contribution in [0.5, 0.6) is 11.5 Å². The average molecular weight is 813 g/mol. The number of benzene rings is 2. The first kappa shape index (κ1) is 41.4. The molecule has 2 aromatic carbocycles. The molecule has 1 aromatic heterocycles. The fourth-order valence-corrected chi connectivity index (χ4v) is 9.92. The Bertz CT molecular complexity index is 2210. The largest absolute Gasteiger partial charge is 0.497 e. The Morgan fingerprint density at radius 3 is 2.36 bits per heavy atom. The van der Waals surface area contributed by atoms with Crippen molar-refractivity contribution in [1.29, 1.82) is 0 Å². The number of hydrogen-bond donors (Lipinski definition) is 1. The molecular formula is C45H56N4O8S. The summed E-state index contributed by atoms with van der Waals surface area (Å²) in [6, 6.07) is 16.1. The standard InChI is InChI=1S/C45H56N4O8S/c1-7-30-26-45(30,42(53)47-58(54,55)44(5)18-19-44)27-38(50)37-23-32(28-49(37)41(52)34(43(2,3)4)24-40(51)48-20-12-9-13-21-48)57-39-25-35(29-14-10-8-11-15-29)46-36-22-31(56-6)16-17-33(36)39/h7-8,10-11,14-17,22,25,30,32,34,37H,1,9,12-13,18-21,23-24,26-28H2,2-6H3,(H,47,53)/t30-,32-,34-,37+,45-/m1/s1. The summed E-state index contributed by atoms with van der Waals surface area (Å²) >= 11 is 0. The molecule has 3 amide bonds. The molecule has 12 nitrogen and oxygen atoms in total. The van der Waals surface area contributed by atoms with Crippen molar-refractivity contribution in [3.05, 3.63) is 67.3 Å². The van der Waals surface area contributed by atoms with Crippen molar-refractivity contribution in [2.24, 2.45) is 22.7 Å². The Morgan fingerprint density at radius 1 is 1.03 bits per heavy atom. The minimum atomic E-state index is -3.96. The second-order valence-corrected chi connectivity index (χ2v) is 20.2. The summed E-state index contributed by atoms with van der Waals surface area (Å²) in [5.74, 6) is -1.48. The number of rotatable bonds is 14. The van der Waals surface area contributed by atoms with E-state index in [-0.39, 0.29) is 49.8 Å². The molecule has 0 bridgehead atoms. The van der Waals surface area contributed by atoms with Crippen molar-refractivity contribution in [2.75, 3.05) is 26.7 Å². The van der Waals surface area contributed by atoms with Gasteiger partial charge in [-0.2, -0.15) is 0 Å². The fourth-order valence-electron chi connectivity index (χ4n) is 8.59. The third kappa shape index (κ3) is 8.24. The molecule has 0 spiro atoms. The van der Waals surface area contributed by atoms with Crippen LogP contribution in [0.25, 0.3) is 22.2 Å². The molecule has 0 unspecified atom stereocenters. The van der Waals surface area contributed by atoms with Crippen LogP contribution in [0.4, 0.5) is 0 Å².